The lowest BCUT2D eigenvalue weighted by atomic mass is 9.92. The molecule has 0 N–H and O–H groups in total. The Morgan fingerprint density at radius 1 is 1.30 bits per heavy atom. The molecule has 0 atom stereocenters. The molecule has 0 radical (unpaired) electrons. The quantitative estimate of drug-likeness (QED) is 0.518. The lowest BCUT2D eigenvalue weighted by Gasteiger charge is -2.14. The summed E-state index contributed by atoms with van der Waals surface area (Å²) < 4.78 is 0. The minimum atomic E-state index is 1.23. The van der Waals surface area contributed by atoms with E-state index in [-0.39, 0.29) is 0 Å². The Bertz CT molecular complexity index is 182. The highest BCUT2D eigenvalue weighted by atomic mass is 14.1. The zero-order valence-corrected chi connectivity index (χ0v) is 7.20. The van der Waals surface area contributed by atoms with Gasteiger partial charge in [-0.05, 0) is 33.1 Å². The third kappa shape index (κ3) is 1.50. The van der Waals surface area contributed by atoms with Gasteiger partial charge in [-0.2, -0.15) is 0 Å². The second-order valence-corrected chi connectivity index (χ2v) is 3.13. The lowest BCUT2D eigenvalue weighted by molar-refractivity contribution is 0.839. The Balaban J connectivity index is 2.80. The van der Waals surface area contributed by atoms with Crippen molar-refractivity contribution in [1.82, 2.24) is 0 Å². The van der Waals surface area contributed by atoms with Crippen LogP contribution in [0, 0.1) is 0 Å². The molecular formula is C10H16. The van der Waals surface area contributed by atoms with Crippen LogP contribution < -0.4 is 0 Å². The molecule has 0 saturated carbocycles. The molecule has 0 spiro atoms. The molecule has 0 aromatic rings. The Labute approximate surface area is 63.6 Å². The van der Waals surface area contributed by atoms with Gasteiger partial charge in [0, 0.05) is 0 Å². The Morgan fingerprint density at radius 2 is 2.00 bits per heavy atom. The molecular weight excluding hydrogens is 120 g/mol. The molecule has 0 heterocycles. The van der Waals surface area contributed by atoms with E-state index in [1.807, 2.05) is 0 Å². The topological polar surface area (TPSA) is 0 Å². The van der Waals surface area contributed by atoms with Crippen molar-refractivity contribution in [3.05, 3.63) is 22.8 Å². The molecule has 56 valence electrons. The minimum Gasteiger partial charge on any atom is -0.0727 e. The number of hydrogen-bond acceptors (Lipinski definition) is 0. The average molecular weight is 136 g/mol. The summed E-state index contributed by atoms with van der Waals surface area (Å²) in [5.74, 6) is 0. The molecule has 0 aromatic heterocycles. The molecule has 0 fully saturated rings. The van der Waals surface area contributed by atoms with Crippen LogP contribution in [0.2, 0.25) is 0 Å². The van der Waals surface area contributed by atoms with Gasteiger partial charge in [0.25, 0.3) is 0 Å². The highest BCUT2D eigenvalue weighted by Gasteiger charge is 2.04. The molecule has 0 unspecified atom stereocenters. The first kappa shape index (κ1) is 7.59. The molecule has 0 amide bonds. The van der Waals surface area contributed by atoms with Crippen molar-refractivity contribution in [2.75, 3.05) is 0 Å². The lowest BCUT2D eigenvalue weighted by Crippen LogP contribution is -1.94. The third-order valence-electron chi connectivity index (χ3n) is 2.27. The third-order valence-corrected chi connectivity index (χ3v) is 2.27. The van der Waals surface area contributed by atoms with Crippen LogP contribution in [-0.4, -0.2) is 0 Å². The van der Waals surface area contributed by atoms with Gasteiger partial charge in [0.2, 0.25) is 0 Å². The summed E-state index contributed by atoms with van der Waals surface area (Å²) in [5.41, 5.74) is 4.69. The van der Waals surface area contributed by atoms with Gasteiger partial charge in [-0.25, -0.2) is 0 Å². The summed E-state index contributed by atoms with van der Waals surface area (Å²) in [6, 6.07) is 0. The fraction of sp³-hybridized carbons (Fsp3) is 0.600. The van der Waals surface area contributed by atoms with Crippen molar-refractivity contribution in [2.24, 2.45) is 0 Å². The van der Waals surface area contributed by atoms with E-state index in [2.05, 4.69) is 26.8 Å². The van der Waals surface area contributed by atoms with Gasteiger partial charge in [0.1, 0.15) is 0 Å². The van der Waals surface area contributed by atoms with Crippen LogP contribution in [0.1, 0.15) is 40.0 Å². The summed E-state index contributed by atoms with van der Waals surface area (Å²) in [6.07, 6.45) is 6.13. The van der Waals surface area contributed by atoms with E-state index in [9.17, 15) is 0 Å². The zero-order chi connectivity index (χ0) is 7.56. The van der Waals surface area contributed by atoms with E-state index in [0.29, 0.717) is 0 Å². The molecule has 0 saturated heterocycles. The van der Waals surface area contributed by atoms with Gasteiger partial charge < -0.3 is 0 Å². The van der Waals surface area contributed by atoms with E-state index in [1.165, 1.54) is 30.4 Å². The summed E-state index contributed by atoms with van der Waals surface area (Å²) in [6.45, 7) is 6.69. The maximum absolute atomic E-state index is 2.32. The van der Waals surface area contributed by atoms with Gasteiger partial charge in [-0.3, -0.25) is 0 Å². The SMILES string of the molecule is CCC1=C(C)C=C(C)CC1. The monoisotopic (exact) mass is 136 g/mol. The van der Waals surface area contributed by atoms with Crippen LogP contribution in [0.4, 0.5) is 0 Å². The Morgan fingerprint density at radius 3 is 2.50 bits per heavy atom. The molecule has 10 heavy (non-hydrogen) atoms. The molecule has 1 rings (SSSR count). The summed E-state index contributed by atoms with van der Waals surface area (Å²) >= 11 is 0. The fourth-order valence-corrected chi connectivity index (χ4v) is 1.54. The van der Waals surface area contributed by atoms with E-state index < -0.39 is 0 Å². The predicted molar refractivity (Wildman–Crippen MR) is 46.0 cm³/mol. The van der Waals surface area contributed by atoms with E-state index in [4.69, 9.17) is 0 Å². The molecule has 0 nitrogen and oxygen atoms in total. The minimum absolute atomic E-state index is 1.23. The maximum Gasteiger partial charge on any atom is -0.0277 e. The largest absolute Gasteiger partial charge is 0.0727 e. The number of hydrogen-bond donors (Lipinski definition) is 0. The second-order valence-electron chi connectivity index (χ2n) is 3.13. The highest BCUT2D eigenvalue weighted by molar-refractivity contribution is 5.30. The molecule has 0 bridgehead atoms. The Kier molecular flexibility index (Phi) is 2.31. The van der Waals surface area contributed by atoms with Crippen LogP contribution >= 0.6 is 0 Å². The first-order chi connectivity index (χ1) is 4.74. The van der Waals surface area contributed by atoms with Gasteiger partial charge in [-0.15, -0.1) is 0 Å². The number of rotatable bonds is 1. The average Bonchev–Trinajstić information content (AvgIpc) is 1.88. The standard InChI is InChI=1S/C10H16/c1-4-10-6-5-8(2)7-9(10)3/h7H,4-6H2,1-3H3. The number of allylic oxidation sites excluding steroid dienone is 4. The van der Waals surface area contributed by atoms with Crippen molar-refractivity contribution in [3.8, 4) is 0 Å². The van der Waals surface area contributed by atoms with E-state index in [0.717, 1.165) is 0 Å². The summed E-state index contributed by atoms with van der Waals surface area (Å²) in [5, 5.41) is 0. The first-order valence-corrected chi connectivity index (χ1v) is 4.10. The maximum atomic E-state index is 2.32. The van der Waals surface area contributed by atoms with Crippen LogP contribution in [0.25, 0.3) is 0 Å². The van der Waals surface area contributed by atoms with E-state index >= 15 is 0 Å². The highest BCUT2D eigenvalue weighted by Crippen LogP contribution is 2.24. The van der Waals surface area contributed by atoms with Crippen LogP contribution in [-0.2, 0) is 0 Å². The molecule has 0 aliphatic heterocycles. The van der Waals surface area contributed by atoms with Crippen LogP contribution in [0.3, 0.4) is 0 Å². The summed E-state index contributed by atoms with van der Waals surface area (Å²) in [4.78, 5) is 0. The van der Waals surface area contributed by atoms with Gasteiger partial charge >= 0.3 is 0 Å². The van der Waals surface area contributed by atoms with Crippen molar-refractivity contribution in [2.45, 2.75) is 40.0 Å². The zero-order valence-electron chi connectivity index (χ0n) is 7.20. The molecule has 0 aromatic carbocycles. The summed E-state index contributed by atoms with van der Waals surface area (Å²) in [7, 11) is 0. The first-order valence-electron chi connectivity index (χ1n) is 4.10. The van der Waals surface area contributed by atoms with Crippen LogP contribution in [0.15, 0.2) is 22.8 Å². The van der Waals surface area contributed by atoms with Crippen molar-refractivity contribution < 1.29 is 0 Å². The molecule has 0 heteroatoms. The fourth-order valence-electron chi connectivity index (χ4n) is 1.54. The van der Waals surface area contributed by atoms with Crippen molar-refractivity contribution in [3.63, 3.8) is 0 Å². The smallest absolute Gasteiger partial charge is 0.0277 e. The predicted octanol–water partition coefficient (Wildman–Crippen LogP) is 3.45. The van der Waals surface area contributed by atoms with Crippen molar-refractivity contribution in [1.29, 1.82) is 0 Å². The van der Waals surface area contributed by atoms with Crippen LogP contribution in [0.5, 0.6) is 0 Å². The second kappa shape index (κ2) is 3.05. The van der Waals surface area contributed by atoms with Gasteiger partial charge in [0.05, 0.1) is 0 Å². The van der Waals surface area contributed by atoms with Gasteiger partial charge in [-0.1, -0.05) is 29.7 Å². The molecule has 1 aliphatic rings. The normalized spacial score (nSPS) is 19.3. The van der Waals surface area contributed by atoms with Gasteiger partial charge in [0.15, 0.2) is 0 Å². The molecule has 1 aliphatic carbocycles. The van der Waals surface area contributed by atoms with Crippen molar-refractivity contribution >= 4 is 0 Å². The van der Waals surface area contributed by atoms with E-state index in [1.54, 1.807) is 5.57 Å². The Hall–Kier alpha value is -0.520.